The fourth-order valence-corrected chi connectivity index (χ4v) is 4.31. The van der Waals surface area contributed by atoms with Crippen LogP contribution in [-0.2, 0) is 20.7 Å². The van der Waals surface area contributed by atoms with Crippen molar-refractivity contribution in [1.29, 1.82) is 0 Å². The highest BCUT2D eigenvalue weighted by molar-refractivity contribution is 5.93. The molecule has 2 rings (SSSR count). The molecule has 0 saturated heterocycles. The molecule has 2 aromatic carbocycles. The Morgan fingerprint density at radius 2 is 1.72 bits per heavy atom. The van der Waals surface area contributed by atoms with Gasteiger partial charge in [0.2, 0.25) is 5.91 Å². The van der Waals surface area contributed by atoms with Crippen molar-refractivity contribution in [3.05, 3.63) is 64.7 Å². The number of phenols is 1. The summed E-state index contributed by atoms with van der Waals surface area (Å²) in [6.07, 6.45) is 6.81. The van der Waals surface area contributed by atoms with Crippen LogP contribution in [0.25, 0.3) is 0 Å². The number of phenolic OH excluding ortho intramolecular Hbond substituents is 1. The molecule has 0 spiro atoms. The number of carbonyl (C=O) groups is 3. The average molecular weight is 536 g/mol. The molecule has 0 aliphatic carbocycles. The number of hydrogen-bond acceptors (Lipinski definition) is 5. The monoisotopic (exact) mass is 535 g/mol. The van der Waals surface area contributed by atoms with E-state index in [9.17, 15) is 19.5 Å². The van der Waals surface area contributed by atoms with E-state index in [0.29, 0.717) is 11.1 Å². The van der Waals surface area contributed by atoms with E-state index >= 15 is 0 Å². The van der Waals surface area contributed by atoms with Crippen LogP contribution in [-0.4, -0.2) is 45.6 Å². The third kappa shape index (κ3) is 9.36. The van der Waals surface area contributed by atoms with E-state index in [0.717, 1.165) is 28.9 Å². The van der Waals surface area contributed by atoms with Crippen molar-refractivity contribution in [2.45, 2.75) is 91.5 Å². The number of rotatable bonds is 10. The Hall–Kier alpha value is -3.99. The Morgan fingerprint density at radius 1 is 1.08 bits per heavy atom. The number of aromatic hydroxyl groups is 1. The SMILES string of the molecule is C#CN(C(=O)C(Cc1ccc(O)cc1)NC(=O)OC(C)(C)C)C(C(=O)NC(C)CCC)c1ccc(C)cc1C. The van der Waals surface area contributed by atoms with Gasteiger partial charge in [-0.05, 0) is 76.8 Å². The number of ether oxygens (including phenoxy) is 1. The van der Waals surface area contributed by atoms with Crippen LogP contribution in [0, 0.1) is 26.3 Å². The lowest BCUT2D eigenvalue weighted by Gasteiger charge is -2.32. The minimum Gasteiger partial charge on any atom is -0.508 e. The standard InChI is InChI=1S/C31H41N3O5/c1-9-11-22(5)32-28(36)27(25-17-12-20(3)18-21(25)4)34(10-2)29(37)26(33-30(38)39-31(6,7)8)19-23-13-15-24(35)16-14-23/h2,12-18,22,26-27,35H,9,11,19H2,1,3-8H3,(H,32,36)(H,33,38). The van der Waals surface area contributed by atoms with Crippen molar-refractivity contribution in [2.24, 2.45) is 0 Å². The van der Waals surface area contributed by atoms with Gasteiger partial charge >= 0.3 is 6.09 Å². The lowest BCUT2D eigenvalue weighted by Crippen LogP contribution is -2.53. The Kier molecular flexibility index (Phi) is 11.0. The molecule has 0 fully saturated rings. The molecule has 0 bridgehead atoms. The molecule has 3 unspecified atom stereocenters. The fourth-order valence-electron chi connectivity index (χ4n) is 4.31. The first-order chi connectivity index (χ1) is 18.2. The number of nitrogens with one attached hydrogen (secondary N) is 2. The van der Waals surface area contributed by atoms with E-state index in [1.54, 1.807) is 39.0 Å². The molecule has 0 heterocycles. The zero-order valence-electron chi connectivity index (χ0n) is 24.0. The highest BCUT2D eigenvalue weighted by Gasteiger charge is 2.37. The summed E-state index contributed by atoms with van der Waals surface area (Å²) in [5, 5.41) is 15.3. The summed E-state index contributed by atoms with van der Waals surface area (Å²) in [4.78, 5) is 41.5. The van der Waals surface area contributed by atoms with Crippen LogP contribution in [0.1, 0.15) is 75.8 Å². The maximum absolute atomic E-state index is 14.0. The summed E-state index contributed by atoms with van der Waals surface area (Å²) in [6.45, 7) is 12.9. The molecule has 3 N–H and O–H groups in total. The fraction of sp³-hybridized carbons (Fsp3) is 0.452. The molecule has 0 saturated carbocycles. The predicted octanol–water partition coefficient (Wildman–Crippen LogP) is 4.91. The maximum Gasteiger partial charge on any atom is 0.408 e. The van der Waals surface area contributed by atoms with Gasteiger partial charge in [0.1, 0.15) is 23.4 Å². The molecule has 39 heavy (non-hydrogen) atoms. The zero-order chi connectivity index (χ0) is 29.3. The normalized spacial score (nSPS) is 13.4. The van der Waals surface area contributed by atoms with E-state index in [-0.39, 0.29) is 18.2 Å². The van der Waals surface area contributed by atoms with Crippen LogP contribution < -0.4 is 10.6 Å². The molecule has 2 aromatic rings. The number of alkyl carbamates (subject to hydrolysis) is 1. The lowest BCUT2D eigenvalue weighted by atomic mass is 9.96. The molecule has 210 valence electrons. The molecular formula is C31H41N3O5. The predicted molar refractivity (Wildman–Crippen MR) is 152 cm³/mol. The topological polar surface area (TPSA) is 108 Å². The minimum absolute atomic E-state index is 0.0595. The first kappa shape index (κ1) is 31.2. The first-order valence-corrected chi connectivity index (χ1v) is 13.2. The Bertz CT molecular complexity index is 1190. The van der Waals surface area contributed by atoms with Gasteiger partial charge in [-0.25, -0.2) is 4.79 Å². The summed E-state index contributed by atoms with van der Waals surface area (Å²) in [5.74, 6) is -0.977. The van der Waals surface area contributed by atoms with Gasteiger partial charge < -0.3 is 20.5 Å². The molecular weight excluding hydrogens is 494 g/mol. The van der Waals surface area contributed by atoms with Crippen LogP contribution in [0.2, 0.25) is 0 Å². The molecule has 0 aromatic heterocycles. The van der Waals surface area contributed by atoms with Gasteiger partial charge in [-0.2, -0.15) is 0 Å². The highest BCUT2D eigenvalue weighted by Crippen LogP contribution is 2.27. The largest absolute Gasteiger partial charge is 0.508 e. The summed E-state index contributed by atoms with van der Waals surface area (Å²) in [7, 11) is 0. The van der Waals surface area contributed by atoms with Gasteiger partial charge in [-0.1, -0.05) is 55.7 Å². The number of hydrogen-bond donors (Lipinski definition) is 3. The Morgan fingerprint density at radius 3 is 2.26 bits per heavy atom. The van der Waals surface area contributed by atoms with Crippen molar-refractivity contribution in [2.75, 3.05) is 0 Å². The highest BCUT2D eigenvalue weighted by atomic mass is 16.6. The summed E-state index contributed by atoms with van der Waals surface area (Å²) >= 11 is 0. The molecule has 3 amide bonds. The number of benzene rings is 2. The second-order valence-electron chi connectivity index (χ2n) is 10.9. The number of terminal acetylenes is 1. The third-order valence-electron chi connectivity index (χ3n) is 6.08. The average Bonchev–Trinajstić information content (AvgIpc) is 2.82. The van der Waals surface area contributed by atoms with E-state index < -0.39 is 35.6 Å². The quantitative estimate of drug-likeness (QED) is 0.296. The van der Waals surface area contributed by atoms with Gasteiger partial charge in [0.05, 0.1) is 0 Å². The summed E-state index contributed by atoms with van der Waals surface area (Å²) in [5.41, 5.74) is 2.28. The number of nitrogens with zero attached hydrogens (tertiary/aromatic N) is 1. The maximum atomic E-state index is 14.0. The van der Waals surface area contributed by atoms with Crippen LogP contribution in [0.5, 0.6) is 5.75 Å². The van der Waals surface area contributed by atoms with Gasteiger partial charge in [-0.3, -0.25) is 14.5 Å². The molecule has 8 heteroatoms. The Labute approximate surface area is 232 Å². The lowest BCUT2D eigenvalue weighted by molar-refractivity contribution is -0.138. The first-order valence-electron chi connectivity index (χ1n) is 13.2. The van der Waals surface area contributed by atoms with Gasteiger partial charge in [0.25, 0.3) is 5.91 Å². The number of carbonyl (C=O) groups excluding carboxylic acids is 3. The summed E-state index contributed by atoms with van der Waals surface area (Å²) in [6, 6.07) is 11.9. The van der Waals surface area contributed by atoms with Crippen LogP contribution >= 0.6 is 0 Å². The third-order valence-corrected chi connectivity index (χ3v) is 6.08. The van der Waals surface area contributed by atoms with E-state index in [4.69, 9.17) is 11.2 Å². The zero-order valence-corrected chi connectivity index (χ0v) is 24.0. The van der Waals surface area contributed by atoms with Crippen LogP contribution in [0.4, 0.5) is 4.79 Å². The smallest absolute Gasteiger partial charge is 0.408 e. The molecule has 3 atom stereocenters. The van der Waals surface area contributed by atoms with Crippen molar-refractivity contribution < 1.29 is 24.2 Å². The molecule has 0 radical (unpaired) electrons. The van der Waals surface area contributed by atoms with E-state index in [1.165, 1.54) is 12.1 Å². The van der Waals surface area contributed by atoms with Crippen molar-refractivity contribution >= 4 is 17.9 Å². The van der Waals surface area contributed by atoms with E-state index in [2.05, 4.69) is 16.7 Å². The second-order valence-corrected chi connectivity index (χ2v) is 10.9. The molecule has 8 nitrogen and oxygen atoms in total. The van der Waals surface area contributed by atoms with Gasteiger partial charge in [0, 0.05) is 18.5 Å². The number of aryl methyl sites for hydroxylation is 2. The Balaban J connectivity index is 2.53. The number of amides is 3. The van der Waals surface area contributed by atoms with E-state index in [1.807, 2.05) is 39.8 Å². The van der Waals surface area contributed by atoms with Gasteiger partial charge in [0.15, 0.2) is 0 Å². The summed E-state index contributed by atoms with van der Waals surface area (Å²) < 4.78 is 5.40. The van der Waals surface area contributed by atoms with Crippen molar-refractivity contribution in [3.63, 3.8) is 0 Å². The van der Waals surface area contributed by atoms with Crippen LogP contribution in [0.3, 0.4) is 0 Å². The minimum atomic E-state index is -1.14. The molecule has 0 aliphatic heterocycles. The van der Waals surface area contributed by atoms with Crippen LogP contribution in [0.15, 0.2) is 42.5 Å². The molecule has 0 aliphatic rings. The van der Waals surface area contributed by atoms with Crippen molar-refractivity contribution in [3.8, 4) is 18.2 Å². The van der Waals surface area contributed by atoms with Crippen molar-refractivity contribution in [1.82, 2.24) is 15.5 Å². The second kappa shape index (κ2) is 13.7. The van der Waals surface area contributed by atoms with Gasteiger partial charge in [-0.15, -0.1) is 0 Å².